The van der Waals surface area contributed by atoms with Gasteiger partial charge in [-0.2, -0.15) is 0 Å². The quantitative estimate of drug-likeness (QED) is 0.141. The summed E-state index contributed by atoms with van der Waals surface area (Å²) in [5, 5.41) is 8.25. The molecule has 0 heterocycles. The fourth-order valence-corrected chi connectivity index (χ4v) is 4.97. The van der Waals surface area contributed by atoms with Gasteiger partial charge in [-0.25, -0.2) is 0 Å². The number of anilines is 2. The van der Waals surface area contributed by atoms with Crippen LogP contribution in [0.5, 0.6) is 5.75 Å². The van der Waals surface area contributed by atoms with E-state index in [1.54, 1.807) is 67.8 Å². The number of nitrogens with one attached hydrogen (secondary N) is 3. The lowest BCUT2D eigenvalue weighted by molar-refractivity contribution is -0.115. The van der Waals surface area contributed by atoms with Crippen LogP contribution in [0.15, 0.2) is 108 Å². The van der Waals surface area contributed by atoms with E-state index in [1.165, 1.54) is 11.8 Å². The zero-order valence-electron chi connectivity index (χ0n) is 23.9. The molecule has 42 heavy (non-hydrogen) atoms. The number of thioether (sulfide) groups is 1. The van der Waals surface area contributed by atoms with Crippen LogP contribution in [-0.4, -0.2) is 30.1 Å². The Morgan fingerprint density at radius 2 is 1.57 bits per heavy atom. The zero-order valence-corrected chi connectivity index (χ0v) is 24.8. The molecule has 7 nitrogen and oxygen atoms in total. The molecule has 214 valence electrons. The van der Waals surface area contributed by atoms with Crippen molar-refractivity contribution in [3.05, 3.63) is 125 Å². The number of carbonyl (C=O) groups is 3. The van der Waals surface area contributed by atoms with E-state index >= 15 is 0 Å². The molecule has 0 aliphatic rings. The largest absolute Gasteiger partial charge is 0.497 e. The minimum Gasteiger partial charge on any atom is -0.497 e. The van der Waals surface area contributed by atoms with Crippen LogP contribution in [0.2, 0.25) is 0 Å². The molecule has 4 aromatic rings. The maximum Gasteiger partial charge on any atom is 0.272 e. The van der Waals surface area contributed by atoms with E-state index in [4.69, 9.17) is 4.74 Å². The van der Waals surface area contributed by atoms with Gasteiger partial charge in [-0.1, -0.05) is 48.0 Å². The van der Waals surface area contributed by atoms with Gasteiger partial charge in [0.1, 0.15) is 11.4 Å². The molecule has 0 spiro atoms. The maximum atomic E-state index is 13.3. The molecule has 1 atom stereocenters. The molecule has 0 bridgehead atoms. The van der Waals surface area contributed by atoms with Crippen LogP contribution in [0.1, 0.15) is 34.0 Å². The van der Waals surface area contributed by atoms with E-state index in [0.29, 0.717) is 22.6 Å². The highest BCUT2D eigenvalue weighted by molar-refractivity contribution is 8.00. The summed E-state index contributed by atoms with van der Waals surface area (Å²) < 4.78 is 5.29. The standard InChI is InChI=1S/C34H33N3O4S/c1-22-13-18-30(23(2)19-22)36-32(38)24(3)42-29-16-14-27(15-17-29)35-34(40)31(21-25-9-8-12-28(20-25)41-4)37-33(39)26-10-6-5-7-11-26/h5-21,24H,1-4H3,(H,35,40)(H,36,38)(H,37,39)/b31-21-. The highest BCUT2D eigenvalue weighted by Crippen LogP contribution is 2.27. The molecule has 0 aromatic heterocycles. The number of ether oxygens (including phenoxy) is 1. The summed E-state index contributed by atoms with van der Waals surface area (Å²) in [6.45, 7) is 5.84. The Balaban J connectivity index is 1.44. The lowest BCUT2D eigenvalue weighted by Crippen LogP contribution is -2.30. The molecule has 0 aliphatic carbocycles. The van der Waals surface area contributed by atoms with Crippen molar-refractivity contribution in [1.82, 2.24) is 5.32 Å². The van der Waals surface area contributed by atoms with E-state index in [-0.39, 0.29) is 16.9 Å². The van der Waals surface area contributed by atoms with Gasteiger partial charge in [-0.05, 0) is 92.6 Å². The van der Waals surface area contributed by atoms with Gasteiger partial charge in [-0.15, -0.1) is 11.8 Å². The number of hydrogen-bond acceptors (Lipinski definition) is 5. The van der Waals surface area contributed by atoms with E-state index in [2.05, 4.69) is 16.0 Å². The molecule has 3 amide bonds. The molecule has 0 saturated carbocycles. The van der Waals surface area contributed by atoms with E-state index < -0.39 is 11.8 Å². The van der Waals surface area contributed by atoms with Crippen molar-refractivity contribution in [2.45, 2.75) is 30.9 Å². The number of rotatable bonds is 10. The molecule has 4 aromatic carbocycles. The fourth-order valence-electron chi connectivity index (χ4n) is 4.10. The summed E-state index contributed by atoms with van der Waals surface area (Å²) in [5.74, 6) is -0.350. The first-order valence-corrected chi connectivity index (χ1v) is 14.3. The molecule has 8 heteroatoms. The number of carbonyl (C=O) groups excluding carboxylic acids is 3. The lowest BCUT2D eigenvalue weighted by atomic mass is 10.1. The molecule has 0 radical (unpaired) electrons. The number of hydrogen-bond donors (Lipinski definition) is 3. The van der Waals surface area contributed by atoms with Gasteiger partial charge in [0.25, 0.3) is 11.8 Å². The summed E-state index contributed by atoms with van der Waals surface area (Å²) in [6.07, 6.45) is 1.60. The third-order valence-corrected chi connectivity index (χ3v) is 7.48. The van der Waals surface area contributed by atoms with Gasteiger partial charge < -0.3 is 20.7 Å². The topological polar surface area (TPSA) is 96.5 Å². The van der Waals surface area contributed by atoms with Crippen LogP contribution < -0.4 is 20.7 Å². The Morgan fingerprint density at radius 3 is 2.26 bits per heavy atom. The number of methoxy groups -OCH3 is 1. The van der Waals surface area contributed by atoms with Gasteiger partial charge in [0.15, 0.2) is 0 Å². The predicted octanol–water partition coefficient (Wildman–Crippen LogP) is 6.84. The number of amides is 3. The first kappa shape index (κ1) is 30.1. The van der Waals surface area contributed by atoms with Crippen molar-refractivity contribution in [3.8, 4) is 5.75 Å². The zero-order chi connectivity index (χ0) is 30.1. The van der Waals surface area contributed by atoms with Crippen LogP contribution in [0.3, 0.4) is 0 Å². The van der Waals surface area contributed by atoms with Crippen molar-refractivity contribution >= 4 is 46.9 Å². The second kappa shape index (κ2) is 14.2. The second-order valence-electron chi connectivity index (χ2n) is 9.70. The summed E-state index contributed by atoms with van der Waals surface area (Å²) >= 11 is 1.42. The Labute approximate surface area is 250 Å². The van der Waals surface area contributed by atoms with Crippen molar-refractivity contribution in [2.24, 2.45) is 0 Å². The summed E-state index contributed by atoms with van der Waals surface area (Å²) in [7, 11) is 1.56. The first-order chi connectivity index (χ1) is 20.2. The molecule has 3 N–H and O–H groups in total. The molecule has 4 rings (SSSR count). The van der Waals surface area contributed by atoms with Crippen LogP contribution in [0, 0.1) is 13.8 Å². The minimum absolute atomic E-state index is 0.0762. The highest BCUT2D eigenvalue weighted by atomic mass is 32.2. The van der Waals surface area contributed by atoms with Crippen LogP contribution >= 0.6 is 11.8 Å². The van der Waals surface area contributed by atoms with Gasteiger partial charge in [0.2, 0.25) is 5.91 Å². The highest BCUT2D eigenvalue weighted by Gasteiger charge is 2.17. The lowest BCUT2D eigenvalue weighted by Gasteiger charge is -2.15. The normalized spacial score (nSPS) is 11.8. The third kappa shape index (κ3) is 8.34. The van der Waals surface area contributed by atoms with Crippen molar-refractivity contribution < 1.29 is 19.1 Å². The molecule has 1 unspecified atom stereocenters. The maximum absolute atomic E-state index is 13.3. The average molecular weight is 580 g/mol. The molecule has 0 saturated heterocycles. The summed E-state index contributed by atoms with van der Waals surface area (Å²) in [4.78, 5) is 39.9. The van der Waals surface area contributed by atoms with Gasteiger partial charge in [0, 0.05) is 21.8 Å². The average Bonchev–Trinajstić information content (AvgIpc) is 2.99. The molecule has 0 aliphatic heterocycles. The van der Waals surface area contributed by atoms with Crippen LogP contribution in [0.25, 0.3) is 6.08 Å². The monoisotopic (exact) mass is 579 g/mol. The van der Waals surface area contributed by atoms with E-state index in [9.17, 15) is 14.4 Å². The summed E-state index contributed by atoms with van der Waals surface area (Å²) in [6, 6.07) is 29.0. The van der Waals surface area contributed by atoms with Gasteiger partial charge in [-0.3, -0.25) is 14.4 Å². The van der Waals surface area contributed by atoms with Gasteiger partial charge >= 0.3 is 0 Å². The Bertz CT molecular complexity index is 1600. The molecular formula is C34H33N3O4S. The smallest absolute Gasteiger partial charge is 0.272 e. The van der Waals surface area contributed by atoms with Crippen molar-refractivity contribution in [3.63, 3.8) is 0 Å². The number of benzene rings is 4. The number of aryl methyl sites for hydroxylation is 2. The molecular weight excluding hydrogens is 546 g/mol. The fraction of sp³-hybridized carbons (Fsp3) is 0.147. The second-order valence-corrected chi connectivity index (χ2v) is 11.1. The Kier molecular flexibility index (Phi) is 10.2. The predicted molar refractivity (Wildman–Crippen MR) is 170 cm³/mol. The van der Waals surface area contributed by atoms with Crippen molar-refractivity contribution in [1.29, 1.82) is 0 Å². The van der Waals surface area contributed by atoms with Gasteiger partial charge in [0.05, 0.1) is 12.4 Å². The van der Waals surface area contributed by atoms with E-state index in [0.717, 1.165) is 21.7 Å². The first-order valence-electron chi connectivity index (χ1n) is 13.4. The van der Waals surface area contributed by atoms with Crippen LogP contribution in [-0.2, 0) is 9.59 Å². The SMILES string of the molecule is COc1cccc(/C=C(\NC(=O)c2ccccc2)C(=O)Nc2ccc(SC(C)C(=O)Nc3ccc(C)cc3C)cc2)c1. The van der Waals surface area contributed by atoms with Crippen LogP contribution in [0.4, 0.5) is 11.4 Å². The molecule has 0 fully saturated rings. The van der Waals surface area contributed by atoms with Crippen molar-refractivity contribution in [2.75, 3.05) is 17.7 Å². The van der Waals surface area contributed by atoms with E-state index in [1.807, 2.05) is 63.2 Å². The Morgan fingerprint density at radius 1 is 0.833 bits per heavy atom. The third-order valence-electron chi connectivity index (χ3n) is 6.37. The summed E-state index contributed by atoms with van der Waals surface area (Å²) in [5.41, 5.74) is 4.69. The minimum atomic E-state index is -0.483. The Hall–Kier alpha value is -4.82.